The van der Waals surface area contributed by atoms with Gasteiger partial charge in [0.1, 0.15) is 0 Å². The molecule has 2 rings (SSSR count). The minimum Gasteiger partial charge on any atom is -0.382 e. The van der Waals surface area contributed by atoms with E-state index in [9.17, 15) is 4.79 Å². The highest BCUT2D eigenvalue weighted by Crippen LogP contribution is 2.17. The van der Waals surface area contributed by atoms with E-state index in [0.29, 0.717) is 25.2 Å². The highest BCUT2D eigenvalue weighted by molar-refractivity contribution is 6.06. The molecule has 0 radical (unpaired) electrons. The first-order valence-electron chi connectivity index (χ1n) is 6.27. The van der Waals surface area contributed by atoms with Crippen molar-refractivity contribution in [2.45, 2.75) is 19.8 Å². The van der Waals surface area contributed by atoms with Crippen molar-refractivity contribution in [1.29, 1.82) is 0 Å². The van der Waals surface area contributed by atoms with Crippen LogP contribution in [0.5, 0.6) is 0 Å². The van der Waals surface area contributed by atoms with Gasteiger partial charge in [-0.25, -0.2) is 0 Å². The Bertz CT molecular complexity index is 532. The average molecular weight is 243 g/mol. The quantitative estimate of drug-likeness (QED) is 0.577. The van der Waals surface area contributed by atoms with Gasteiger partial charge in [0.25, 0.3) is 0 Å². The Labute approximate surface area is 107 Å². The zero-order valence-corrected chi connectivity index (χ0v) is 10.6. The van der Waals surface area contributed by atoms with Crippen molar-refractivity contribution in [3.8, 4) is 0 Å². The van der Waals surface area contributed by atoms with Gasteiger partial charge in [0.05, 0.1) is 5.52 Å². The van der Waals surface area contributed by atoms with Gasteiger partial charge in [0, 0.05) is 36.8 Å². The number of hydrogen-bond acceptors (Lipinski definition) is 3. The van der Waals surface area contributed by atoms with Gasteiger partial charge in [-0.2, -0.15) is 0 Å². The number of para-hydroxylation sites is 1. The Balaban J connectivity index is 2.13. The zero-order chi connectivity index (χ0) is 12.8. The summed E-state index contributed by atoms with van der Waals surface area (Å²) in [6.07, 6.45) is 2.99. The van der Waals surface area contributed by atoms with E-state index in [-0.39, 0.29) is 5.78 Å². The van der Waals surface area contributed by atoms with Crippen LogP contribution in [0.15, 0.2) is 36.5 Å². The number of fused-ring (bicyclic) bond motifs is 1. The molecule has 0 bridgehead atoms. The number of carbonyl (C=O) groups excluding carboxylic acids is 1. The highest BCUT2D eigenvalue weighted by atomic mass is 16.5. The molecule has 0 spiro atoms. The molecule has 0 aliphatic heterocycles. The summed E-state index contributed by atoms with van der Waals surface area (Å²) in [5.41, 5.74) is 1.51. The molecule has 1 heterocycles. The van der Waals surface area contributed by atoms with Crippen LogP contribution in [0.1, 0.15) is 30.1 Å². The summed E-state index contributed by atoms with van der Waals surface area (Å²) in [5.74, 6) is 0.138. The van der Waals surface area contributed by atoms with Gasteiger partial charge in [-0.3, -0.25) is 9.78 Å². The summed E-state index contributed by atoms with van der Waals surface area (Å²) < 4.78 is 5.24. The average Bonchev–Trinajstić information content (AvgIpc) is 2.43. The third kappa shape index (κ3) is 2.93. The first kappa shape index (κ1) is 12.7. The molecular formula is C15H17NO2. The molecular weight excluding hydrogens is 226 g/mol. The van der Waals surface area contributed by atoms with Gasteiger partial charge in [0.2, 0.25) is 0 Å². The standard InChI is InChI=1S/C15H17NO2/c1-2-18-11-5-9-14(17)13-8-3-6-12-7-4-10-16-15(12)13/h3-4,6-8,10H,2,5,9,11H2,1H3. The maximum atomic E-state index is 12.1. The van der Waals surface area contributed by atoms with E-state index in [1.54, 1.807) is 6.20 Å². The van der Waals surface area contributed by atoms with Crippen LogP contribution < -0.4 is 0 Å². The molecule has 0 saturated carbocycles. The lowest BCUT2D eigenvalue weighted by atomic mass is 10.0. The van der Waals surface area contributed by atoms with Crippen molar-refractivity contribution in [1.82, 2.24) is 4.98 Å². The fraction of sp³-hybridized carbons (Fsp3) is 0.333. The van der Waals surface area contributed by atoms with Gasteiger partial charge in [-0.1, -0.05) is 18.2 Å². The molecule has 0 saturated heterocycles. The van der Waals surface area contributed by atoms with Crippen LogP contribution in [0.25, 0.3) is 10.9 Å². The number of pyridine rings is 1. The van der Waals surface area contributed by atoms with Gasteiger partial charge in [-0.05, 0) is 25.5 Å². The summed E-state index contributed by atoms with van der Waals surface area (Å²) in [7, 11) is 0. The lowest BCUT2D eigenvalue weighted by Crippen LogP contribution is -2.03. The predicted molar refractivity (Wildman–Crippen MR) is 71.8 cm³/mol. The van der Waals surface area contributed by atoms with Crippen molar-refractivity contribution >= 4 is 16.7 Å². The van der Waals surface area contributed by atoms with Crippen LogP contribution in [-0.4, -0.2) is 24.0 Å². The monoisotopic (exact) mass is 243 g/mol. The number of rotatable bonds is 6. The number of ketones is 1. The molecule has 2 aromatic rings. The van der Waals surface area contributed by atoms with Crippen LogP contribution >= 0.6 is 0 Å². The molecule has 18 heavy (non-hydrogen) atoms. The van der Waals surface area contributed by atoms with Crippen molar-refractivity contribution in [2.75, 3.05) is 13.2 Å². The Hall–Kier alpha value is -1.74. The highest BCUT2D eigenvalue weighted by Gasteiger charge is 2.10. The second-order valence-electron chi connectivity index (χ2n) is 4.10. The second-order valence-corrected chi connectivity index (χ2v) is 4.10. The summed E-state index contributed by atoms with van der Waals surface area (Å²) in [5, 5.41) is 1.01. The van der Waals surface area contributed by atoms with Crippen molar-refractivity contribution in [2.24, 2.45) is 0 Å². The molecule has 0 aliphatic rings. The van der Waals surface area contributed by atoms with Gasteiger partial charge >= 0.3 is 0 Å². The van der Waals surface area contributed by atoms with Crippen molar-refractivity contribution in [3.05, 3.63) is 42.1 Å². The van der Waals surface area contributed by atoms with Crippen molar-refractivity contribution < 1.29 is 9.53 Å². The number of aromatic nitrogens is 1. The third-order valence-electron chi connectivity index (χ3n) is 2.83. The fourth-order valence-electron chi connectivity index (χ4n) is 1.94. The Morgan fingerprint density at radius 2 is 2.11 bits per heavy atom. The zero-order valence-electron chi connectivity index (χ0n) is 10.6. The number of hydrogen-bond donors (Lipinski definition) is 0. The SMILES string of the molecule is CCOCCCC(=O)c1cccc2cccnc12. The van der Waals surface area contributed by atoms with E-state index in [1.165, 1.54) is 0 Å². The summed E-state index contributed by atoms with van der Waals surface area (Å²) >= 11 is 0. The summed E-state index contributed by atoms with van der Waals surface area (Å²) in [4.78, 5) is 16.4. The first-order chi connectivity index (χ1) is 8.83. The number of Topliss-reactive ketones (excluding diaryl/α,β-unsaturated/α-hetero) is 1. The van der Waals surface area contributed by atoms with E-state index >= 15 is 0 Å². The number of ether oxygens (including phenoxy) is 1. The lowest BCUT2D eigenvalue weighted by molar-refractivity contribution is 0.0948. The van der Waals surface area contributed by atoms with Gasteiger partial charge in [0.15, 0.2) is 5.78 Å². The first-order valence-corrected chi connectivity index (χ1v) is 6.27. The van der Waals surface area contributed by atoms with Crippen LogP contribution in [0, 0.1) is 0 Å². The number of carbonyl (C=O) groups is 1. The van der Waals surface area contributed by atoms with E-state index in [4.69, 9.17) is 4.74 Å². The molecule has 0 fully saturated rings. The molecule has 0 N–H and O–H groups in total. The Morgan fingerprint density at radius 1 is 1.28 bits per heavy atom. The normalized spacial score (nSPS) is 10.7. The van der Waals surface area contributed by atoms with E-state index in [0.717, 1.165) is 17.3 Å². The Kier molecular flexibility index (Phi) is 4.42. The Morgan fingerprint density at radius 3 is 2.94 bits per heavy atom. The van der Waals surface area contributed by atoms with Crippen LogP contribution in [-0.2, 0) is 4.74 Å². The minimum atomic E-state index is 0.138. The smallest absolute Gasteiger partial charge is 0.165 e. The maximum Gasteiger partial charge on any atom is 0.165 e. The number of benzene rings is 1. The molecule has 0 aliphatic carbocycles. The lowest BCUT2D eigenvalue weighted by Gasteiger charge is -2.05. The molecule has 0 unspecified atom stereocenters. The topological polar surface area (TPSA) is 39.2 Å². The maximum absolute atomic E-state index is 12.1. The molecule has 0 atom stereocenters. The molecule has 0 amide bonds. The third-order valence-corrected chi connectivity index (χ3v) is 2.83. The van der Waals surface area contributed by atoms with E-state index in [1.807, 2.05) is 37.3 Å². The molecule has 3 heteroatoms. The minimum absolute atomic E-state index is 0.138. The van der Waals surface area contributed by atoms with Crippen LogP contribution in [0.3, 0.4) is 0 Å². The van der Waals surface area contributed by atoms with Gasteiger partial charge in [-0.15, -0.1) is 0 Å². The molecule has 1 aromatic heterocycles. The van der Waals surface area contributed by atoms with E-state index < -0.39 is 0 Å². The molecule has 3 nitrogen and oxygen atoms in total. The van der Waals surface area contributed by atoms with Crippen LogP contribution in [0.2, 0.25) is 0 Å². The second kappa shape index (κ2) is 6.26. The summed E-state index contributed by atoms with van der Waals surface area (Å²) in [6, 6.07) is 9.57. The van der Waals surface area contributed by atoms with Crippen LogP contribution in [0.4, 0.5) is 0 Å². The van der Waals surface area contributed by atoms with Crippen molar-refractivity contribution in [3.63, 3.8) is 0 Å². The largest absolute Gasteiger partial charge is 0.382 e. The number of nitrogens with zero attached hydrogens (tertiary/aromatic N) is 1. The van der Waals surface area contributed by atoms with E-state index in [2.05, 4.69) is 4.98 Å². The fourth-order valence-corrected chi connectivity index (χ4v) is 1.94. The summed E-state index contributed by atoms with van der Waals surface area (Å²) in [6.45, 7) is 3.29. The molecule has 94 valence electrons. The van der Waals surface area contributed by atoms with Gasteiger partial charge < -0.3 is 4.74 Å². The predicted octanol–water partition coefficient (Wildman–Crippen LogP) is 3.23. The molecule has 1 aromatic carbocycles.